The van der Waals surface area contributed by atoms with E-state index in [1.807, 2.05) is 46.5 Å². The van der Waals surface area contributed by atoms with Gasteiger partial charge in [-0.2, -0.15) is 0 Å². The second kappa shape index (κ2) is 4.71. The minimum absolute atomic E-state index is 0.137. The van der Waals surface area contributed by atoms with Gasteiger partial charge in [0.15, 0.2) is 5.78 Å². The first-order valence-electron chi connectivity index (χ1n) is 5.56. The van der Waals surface area contributed by atoms with Gasteiger partial charge in [0, 0.05) is 16.2 Å². The molecule has 0 saturated heterocycles. The summed E-state index contributed by atoms with van der Waals surface area (Å²) >= 11 is 4.88. The SMILES string of the molecule is O=C(Cn1ccc2ccccc21)c1sccc1Br. The predicted octanol–water partition coefficient (Wildman–Crippen LogP) is 4.35. The molecule has 0 radical (unpaired) electrons. The molecule has 2 nitrogen and oxygen atoms in total. The number of benzene rings is 1. The van der Waals surface area contributed by atoms with E-state index in [0.717, 1.165) is 20.3 Å². The molecule has 0 atom stereocenters. The number of carbonyl (C=O) groups excluding carboxylic acids is 1. The fourth-order valence-corrected chi connectivity index (χ4v) is 3.52. The summed E-state index contributed by atoms with van der Waals surface area (Å²) in [4.78, 5) is 13.0. The van der Waals surface area contributed by atoms with E-state index < -0.39 is 0 Å². The summed E-state index contributed by atoms with van der Waals surface area (Å²) in [6.45, 7) is 0.382. The zero-order chi connectivity index (χ0) is 12.5. The maximum atomic E-state index is 12.2. The number of para-hydroxylation sites is 1. The number of carbonyl (C=O) groups is 1. The molecule has 1 aromatic carbocycles. The van der Waals surface area contributed by atoms with Crippen molar-refractivity contribution < 1.29 is 4.79 Å². The highest BCUT2D eigenvalue weighted by Crippen LogP contribution is 2.24. The highest BCUT2D eigenvalue weighted by atomic mass is 79.9. The van der Waals surface area contributed by atoms with E-state index in [1.54, 1.807) is 0 Å². The van der Waals surface area contributed by atoms with Gasteiger partial charge in [0.2, 0.25) is 0 Å². The number of ketones is 1. The van der Waals surface area contributed by atoms with Gasteiger partial charge in [0.25, 0.3) is 0 Å². The zero-order valence-electron chi connectivity index (χ0n) is 9.47. The molecule has 0 amide bonds. The van der Waals surface area contributed by atoms with Crippen LogP contribution in [-0.4, -0.2) is 10.4 Å². The smallest absolute Gasteiger partial charge is 0.193 e. The lowest BCUT2D eigenvalue weighted by molar-refractivity contribution is 0.0977. The summed E-state index contributed by atoms with van der Waals surface area (Å²) < 4.78 is 2.87. The molecule has 90 valence electrons. The van der Waals surface area contributed by atoms with Crippen molar-refractivity contribution in [3.63, 3.8) is 0 Å². The van der Waals surface area contributed by atoms with Crippen LogP contribution in [0.1, 0.15) is 9.67 Å². The number of nitrogens with zero attached hydrogens (tertiary/aromatic N) is 1. The molecule has 0 aliphatic carbocycles. The molecule has 4 heteroatoms. The van der Waals surface area contributed by atoms with Crippen LogP contribution >= 0.6 is 27.3 Å². The second-order valence-corrected chi connectivity index (χ2v) is 5.79. The summed E-state index contributed by atoms with van der Waals surface area (Å²) in [5, 5.41) is 3.08. The van der Waals surface area contributed by atoms with E-state index >= 15 is 0 Å². The fraction of sp³-hybridized carbons (Fsp3) is 0.0714. The van der Waals surface area contributed by atoms with Gasteiger partial charge in [-0.3, -0.25) is 4.79 Å². The van der Waals surface area contributed by atoms with Crippen molar-refractivity contribution in [2.75, 3.05) is 0 Å². The predicted molar refractivity (Wildman–Crippen MR) is 78.3 cm³/mol. The van der Waals surface area contributed by atoms with Crippen LogP contribution in [0.5, 0.6) is 0 Å². The van der Waals surface area contributed by atoms with Gasteiger partial charge < -0.3 is 4.57 Å². The van der Waals surface area contributed by atoms with Crippen LogP contribution in [0.25, 0.3) is 10.9 Å². The van der Waals surface area contributed by atoms with Gasteiger partial charge in [0.05, 0.1) is 11.4 Å². The minimum atomic E-state index is 0.137. The Hall–Kier alpha value is -1.39. The number of halogens is 1. The summed E-state index contributed by atoms with van der Waals surface area (Å²) in [7, 11) is 0. The molecule has 0 fully saturated rings. The molecule has 0 aliphatic rings. The van der Waals surface area contributed by atoms with E-state index in [-0.39, 0.29) is 5.78 Å². The first-order chi connectivity index (χ1) is 8.75. The Kier molecular flexibility index (Phi) is 3.06. The third-order valence-corrected chi connectivity index (χ3v) is 4.74. The zero-order valence-corrected chi connectivity index (χ0v) is 11.9. The van der Waals surface area contributed by atoms with Crippen LogP contribution in [0.15, 0.2) is 52.4 Å². The van der Waals surface area contributed by atoms with Crippen molar-refractivity contribution >= 4 is 44.0 Å². The molecule has 3 aromatic rings. The molecule has 2 aromatic heterocycles. The molecule has 18 heavy (non-hydrogen) atoms. The van der Waals surface area contributed by atoms with Crippen LogP contribution in [0.3, 0.4) is 0 Å². The quantitative estimate of drug-likeness (QED) is 0.658. The minimum Gasteiger partial charge on any atom is -0.340 e. The average molecular weight is 320 g/mol. The highest BCUT2D eigenvalue weighted by molar-refractivity contribution is 9.10. The molecular weight excluding hydrogens is 310 g/mol. The Bertz CT molecular complexity index is 713. The number of rotatable bonds is 3. The van der Waals surface area contributed by atoms with Crippen LogP contribution in [-0.2, 0) is 6.54 Å². The summed E-state index contributed by atoms with van der Waals surface area (Å²) in [5.74, 6) is 0.137. The topological polar surface area (TPSA) is 22.0 Å². The molecule has 3 rings (SSSR count). The molecule has 0 saturated carbocycles. The molecule has 0 N–H and O–H groups in total. The number of hydrogen-bond donors (Lipinski definition) is 0. The van der Waals surface area contributed by atoms with Crippen molar-refractivity contribution in [1.82, 2.24) is 4.57 Å². The summed E-state index contributed by atoms with van der Waals surface area (Å²) in [6.07, 6.45) is 1.96. The Morgan fingerprint density at radius 1 is 1.22 bits per heavy atom. The molecule has 0 aliphatic heterocycles. The number of hydrogen-bond acceptors (Lipinski definition) is 2. The van der Waals surface area contributed by atoms with E-state index in [0.29, 0.717) is 6.54 Å². The standard InChI is InChI=1S/C14H10BrNOS/c15-11-6-8-18-14(11)13(17)9-16-7-5-10-3-1-2-4-12(10)16/h1-8H,9H2. The summed E-state index contributed by atoms with van der Waals surface area (Å²) in [6, 6.07) is 12.0. The first-order valence-corrected chi connectivity index (χ1v) is 7.23. The van der Waals surface area contributed by atoms with Crippen LogP contribution in [0.4, 0.5) is 0 Å². The van der Waals surface area contributed by atoms with Gasteiger partial charge in [0.1, 0.15) is 0 Å². The van der Waals surface area contributed by atoms with Gasteiger partial charge >= 0.3 is 0 Å². The maximum Gasteiger partial charge on any atom is 0.193 e. The Morgan fingerprint density at radius 3 is 2.83 bits per heavy atom. The van der Waals surface area contributed by atoms with Crippen molar-refractivity contribution in [3.8, 4) is 0 Å². The van der Waals surface area contributed by atoms with Crippen molar-refractivity contribution in [3.05, 3.63) is 57.3 Å². The summed E-state index contributed by atoms with van der Waals surface area (Å²) in [5.41, 5.74) is 1.10. The van der Waals surface area contributed by atoms with Crippen LogP contribution in [0.2, 0.25) is 0 Å². The highest BCUT2D eigenvalue weighted by Gasteiger charge is 2.12. The van der Waals surface area contributed by atoms with E-state index in [1.165, 1.54) is 11.3 Å². The lowest BCUT2D eigenvalue weighted by Crippen LogP contribution is -2.08. The fourth-order valence-electron chi connectivity index (χ4n) is 2.00. The van der Waals surface area contributed by atoms with Crippen molar-refractivity contribution in [2.45, 2.75) is 6.54 Å². The molecule has 0 bridgehead atoms. The number of aromatic nitrogens is 1. The normalized spacial score (nSPS) is 10.9. The van der Waals surface area contributed by atoms with Gasteiger partial charge in [-0.05, 0) is 44.9 Å². The lowest BCUT2D eigenvalue weighted by atomic mass is 10.2. The number of fused-ring (bicyclic) bond motifs is 1. The largest absolute Gasteiger partial charge is 0.340 e. The number of Topliss-reactive ketones (excluding diaryl/α,β-unsaturated/α-hetero) is 1. The Morgan fingerprint density at radius 2 is 2.06 bits per heavy atom. The molecule has 2 heterocycles. The Labute approximate surface area is 117 Å². The molecule has 0 unspecified atom stereocenters. The third-order valence-electron chi connectivity index (χ3n) is 2.86. The number of thiophene rings is 1. The average Bonchev–Trinajstić information content (AvgIpc) is 2.97. The lowest BCUT2D eigenvalue weighted by Gasteiger charge is -2.03. The van der Waals surface area contributed by atoms with Gasteiger partial charge in [-0.1, -0.05) is 18.2 Å². The molecule has 0 spiro atoms. The Balaban J connectivity index is 1.93. The van der Waals surface area contributed by atoms with Crippen LogP contribution in [0, 0.1) is 0 Å². The van der Waals surface area contributed by atoms with Crippen LogP contribution < -0.4 is 0 Å². The monoisotopic (exact) mass is 319 g/mol. The van der Waals surface area contributed by atoms with Gasteiger partial charge in [-0.15, -0.1) is 11.3 Å². The first kappa shape index (κ1) is 11.7. The second-order valence-electron chi connectivity index (χ2n) is 4.02. The van der Waals surface area contributed by atoms with E-state index in [2.05, 4.69) is 22.0 Å². The maximum absolute atomic E-state index is 12.2. The van der Waals surface area contributed by atoms with Gasteiger partial charge in [-0.25, -0.2) is 0 Å². The third kappa shape index (κ3) is 2.02. The van der Waals surface area contributed by atoms with Crippen molar-refractivity contribution in [1.29, 1.82) is 0 Å². The van der Waals surface area contributed by atoms with Crippen molar-refractivity contribution in [2.24, 2.45) is 0 Å². The molecular formula is C14H10BrNOS. The van der Waals surface area contributed by atoms with E-state index in [4.69, 9.17) is 0 Å². The van der Waals surface area contributed by atoms with E-state index in [9.17, 15) is 4.79 Å².